The summed E-state index contributed by atoms with van der Waals surface area (Å²) in [6, 6.07) is 3.96. The number of hydrogen-bond acceptors (Lipinski definition) is 2. The molecule has 3 amide bonds. The fraction of sp³-hybridized carbons (Fsp3) is 0.500. The molecule has 124 valence electrons. The SMILES string of the molecule is O=C1CN(C(=O)NCCc2ccc(F)cc2Cl)CN1CC1CC1. The lowest BCUT2D eigenvalue weighted by Gasteiger charge is -2.18. The number of carbonyl (C=O) groups excluding carboxylic acids is 2. The number of hydrogen-bond donors (Lipinski definition) is 1. The van der Waals surface area contributed by atoms with Crippen molar-refractivity contribution in [3.8, 4) is 0 Å². The fourth-order valence-corrected chi connectivity index (χ4v) is 2.91. The predicted molar refractivity (Wildman–Crippen MR) is 84.5 cm³/mol. The zero-order chi connectivity index (χ0) is 16.4. The van der Waals surface area contributed by atoms with E-state index in [-0.39, 0.29) is 24.3 Å². The van der Waals surface area contributed by atoms with Crippen LogP contribution in [0.15, 0.2) is 18.2 Å². The topological polar surface area (TPSA) is 52.7 Å². The first-order valence-electron chi connectivity index (χ1n) is 7.77. The first-order valence-corrected chi connectivity index (χ1v) is 8.15. The van der Waals surface area contributed by atoms with Gasteiger partial charge in [0.2, 0.25) is 5.91 Å². The van der Waals surface area contributed by atoms with E-state index in [9.17, 15) is 14.0 Å². The molecule has 0 bridgehead atoms. The Bertz CT molecular complexity index is 621. The van der Waals surface area contributed by atoms with Gasteiger partial charge in [-0.25, -0.2) is 9.18 Å². The first kappa shape index (κ1) is 16.1. The van der Waals surface area contributed by atoms with Crippen molar-refractivity contribution < 1.29 is 14.0 Å². The van der Waals surface area contributed by atoms with Gasteiger partial charge in [0.05, 0.1) is 6.67 Å². The molecule has 1 saturated heterocycles. The van der Waals surface area contributed by atoms with E-state index in [2.05, 4.69) is 5.32 Å². The Kier molecular flexibility index (Phi) is 4.71. The second kappa shape index (κ2) is 6.74. The number of benzene rings is 1. The Balaban J connectivity index is 1.45. The number of rotatable bonds is 5. The predicted octanol–water partition coefficient (Wildman–Crippen LogP) is 2.24. The lowest BCUT2D eigenvalue weighted by Crippen LogP contribution is -2.40. The fourth-order valence-electron chi connectivity index (χ4n) is 2.65. The minimum absolute atomic E-state index is 0.00799. The second-order valence-corrected chi connectivity index (χ2v) is 6.52. The maximum atomic E-state index is 13.0. The van der Waals surface area contributed by atoms with Crippen molar-refractivity contribution in [2.24, 2.45) is 5.92 Å². The summed E-state index contributed by atoms with van der Waals surface area (Å²) in [6.45, 7) is 1.64. The van der Waals surface area contributed by atoms with Crippen LogP contribution in [0.1, 0.15) is 18.4 Å². The Hall–Kier alpha value is -1.82. The van der Waals surface area contributed by atoms with E-state index in [1.807, 2.05) is 0 Å². The van der Waals surface area contributed by atoms with Gasteiger partial charge in [0.25, 0.3) is 0 Å². The largest absolute Gasteiger partial charge is 0.338 e. The lowest BCUT2D eigenvalue weighted by atomic mass is 10.1. The van der Waals surface area contributed by atoms with Gasteiger partial charge in [0.1, 0.15) is 12.4 Å². The van der Waals surface area contributed by atoms with Crippen molar-refractivity contribution in [2.75, 3.05) is 26.3 Å². The van der Waals surface area contributed by atoms with Gasteiger partial charge in [-0.2, -0.15) is 0 Å². The average Bonchev–Trinajstić information content (AvgIpc) is 3.24. The van der Waals surface area contributed by atoms with Gasteiger partial charge in [0.15, 0.2) is 0 Å². The average molecular weight is 340 g/mol. The molecule has 0 unspecified atom stereocenters. The summed E-state index contributed by atoms with van der Waals surface area (Å²) < 4.78 is 13.0. The summed E-state index contributed by atoms with van der Waals surface area (Å²) in [4.78, 5) is 27.2. The van der Waals surface area contributed by atoms with Crippen molar-refractivity contribution in [2.45, 2.75) is 19.3 Å². The van der Waals surface area contributed by atoms with Gasteiger partial charge in [-0.1, -0.05) is 17.7 Å². The summed E-state index contributed by atoms with van der Waals surface area (Å²) in [7, 11) is 0. The highest BCUT2D eigenvalue weighted by molar-refractivity contribution is 6.31. The van der Waals surface area contributed by atoms with Gasteiger partial charge in [-0.15, -0.1) is 0 Å². The summed E-state index contributed by atoms with van der Waals surface area (Å²) in [5.41, 5.74) is 0.779. The molecule has 1 aliphatic carbocycles. The number of nitrogens with zero attached hydrogens (tertiary/aromatic N) is 2. The third-order valence-corrected chi connectivity index (χ3v) is 4.52. The first-order chi connectivity index (χ1) is 11.0. The molecule has 1 heterocycles. The van der Waals surface area contributed by atoms with E-state index >= 15 is 0 Å². The zero-order valence-corrected chi connectivity index (χ0v) is 13.5. The molecular weight excluding hydrogens is 321 g/mol. The quantitative estimate of drug-likeness (QED) is 0.894. The summed E-state index contributed by atoms with van der Waals surface area (Å²) in [5, 5.41) is 3.13. The highest BCUT2D eigenvalue weighted by Gasteiger charge is 2.34. The van der Waals surface area contributed by atoms with E-state index < -0.39 is 0 Å². The Labute approximate surface area is 139 Å². The number of halogens is 2. The van der Waals surface area contributed by atoms with Crippen LogP contribution in [0.25, 0.3) is 0 Å². The molecule has 0 spiro atoms. The summed E-state index contributed by atoms with van der Waals surface area (Å²) >= 11 is 5.95. The van der Waals surface area contributed by atoms with Crippen molar-refractivity contribution in [1.29, 1.82) is 0 Å². The van der Waals surface area contributed by atoms with Crippen molar-refractivity contribution in [1.82, 2.24) is 15.1 Å². The monoisotopic (exact) mass is 339 g/mol. The number of urea groups is 1. The van der Waals surface area contributed by atoms with Crippen molar-refractivity contribution >= 4 is 23.5 Å². The van der Waals surface area contributed by atoms with Crippen LogP contribution in [0.2, 0.25) is 5.02 Å². The van der Waals surface area contributed by atoms with Crippen LogP contribution < -0.4 is 5.32 Å². The highest BCUT2D eigenvalue weighted by Crippen LogP contribution is 2.30. The molecule has 1 aromatic rings. The molecule has 2 fully saturated rings. The molecule has 23 heavy (non-hydrogen) atoms. The van der Waals surface area contributed by atoms with Crippen LogP contribution in [0, 0.1) is 11.7 Å². The second-order valence-electron chi connectivity index (χ2n) is 6.12. The van der Waals surface area contributed by atoms with Crippen LogP contribution in [0.5, 0.6) is 0 Å². The maximum Gasteiger partial charge on any atom is 0.319 e. The molecule has 0 aromatic heterocycles. The molecular formula is C16H19ClFN3O2. The standard InChI is InChI=1S/C16H19ClFN3O2/c17-14-7-13(18)4-3-12(14)5-6-19-16(23)21-9-15(22)20(10-21)8-11-1-2-11/h3-4,7,11H,1-2,5-6,8-10H2,(H,19,23). The number of amides is 3. The summed E-state index contributed by atoms with van der Waals surface area (Å²) in [6.07, 6.45) is 2.86. The normalized spacial score (nSPS) is 17.7. The van der Waals surface area contributed by atoms with Gasteiger partial charge < -0.3 is 10.2 Å². The van der Waals surface area contributed by atoms with Crippen LogP contribution in [-0.4, -0.2) is 48.0 Å². The smallest absolute Gasteiger partial charge is 0.319 e. The molecule has 1 aliphatic heterocycles. The molecule has 0 atom stereocenters. The third-order valence-electron chi connectivity index (χ3n) is 4.17. The van der Waals surface area contributed by atoms with E-state index in [4.69, 9.17) is 11.6 Å². The Morgan fingerprint density at radius 1 is 1.39 bits per heavy atom. The molecule has 1 aromatic carbocycles. The van der Waals surface area contributed by atoms with Crippen LogP contribution in [-0.2, 0) is 11.2 Å². The van der Waals surface area contributed by atoms with Crippen LogP contribution in [0.3, 0.4) is 0 Å². The van der Waals surface area contributed by atoms with Crippen molar-refractivity contribution in [3.63, 3.8) is 0 Å². The van der Waals surface area contributed by atoms with Gasteiger partial charge in [-0.05, 0) is 42.9 Å². The van der Waals surface area contributed by atoms with Crippen LogP contribution >= 0.6 is 11.6 Å². The minimum atomic E-state index is -0.380. The summed E-state index contributed by atoms with van der Waals surface area (Å²) in [5.74, 6) is 0.241. The lowest BCUT2D eigenvalue weighted by molar-refractivity contribution is -0.126. The van der Waals surface area contributed by atoms with Gasteiger partial charge >= 0.3 is 6.03 Å². The van der Waals surface area contributed by atoms with Crippen LogP contribution in [0.4, 0.5) is 9.18 Å². The van der Waals surface area contributed by atoms with Gasteiger partial charge in [-0.3, -0.25) is 9.69 Å². The zero-order valence-electron chi connectivity index (χ0n) is 12.7. The maximum absolute atomic E-state index is 13.0. The molecule has 2 aliphatic rings. The highest BCUT2D eigenvalue weighted by atomic mass is 35.5. The Morgan fingerprint density at radius 2 is 2.17 bits per heavy atom. The van der Waals surface area contributed by atoms with E-state index in [0.29, 0.717) is 30.6 Å². The van der Waals surface area contributed by atoms with E-state index in [0.717, 1.165) is 12.1 Å². The van der Waals surface area contributed by atoms with E-state index in [1.165, 1.54) is 29.9 Å². The van der Waals surface area contributed by atoms with E-state index in [1.54, 1.807) is 11.0 Å². The molecule has 0 radical (unpaired) electrons. The molecule has 7 heteroatoms. The molecule has 3 rings (SSSR count). The molecule has 1 saturated carbocycles. The minimum Gasteiger partial charge on any atom is -0.338 e. The number of nitrogens with one attached hydrogen (secondary N) is 1. The molecule has 1 N–H and O–H groups in total. The number of carbonyl (C=O) groups is 2. The van der Waals surface area contributed by atoms with Crippen molar-refractivity contribution in [3.05, 3.63) is 34.6 Å². The third kappa shape index (κ3) is 4.13. The molecule has 5 nitrogen and oxygen atoms in total. The Morgan fingerprint density at radius 3 is 2.87 bits per heavy atom. The van der Waals surface area contributed by atoms with Gasteiger partial charge in [0, 0.05) is 18.1 Å².